The second-order valence-electron chi connectivity index (χ2n) is 20.2. The molecule has 7 atom stereocenters. The number of nitrogens with zero attached hydrogens (tertiary/aromatic N) is 8. The minimum absolute atomic E-state index is 0.00833. The summed E-state index contributed by atoms with van der Waals surface area (Å²) < 4.78 is 66.7. The average molecular weight is 955 g/mol. The van der Waals surface area contributed by atoms with Crippen LogP contribution in [0.15, 0.2) is 33.6 Å². The summed E-state index contributed by atoms with van der Waals surface area (Å²) in [5.74, 6) is 5.86. The first-order valence-corrected chi connectivity index (χ1v) is 28.2. The molecule has 63 heavy (non-hydrogen) atoms. The molecule has 0 aromatic carbocycles. The van der Waals surface area contributed by atoms with Gasteiger partial charge in [0.25, 0.3) is 0 Å². The molecule has 0 fully saturated rings. The molecule has 4 aromatic rings. The standard InChI is InChI=1S/C43H74N10O6S4/c1-33(35-17-23-45-59-35)43(8,9)21-15-37(63(57)29-13-27-60(54)24-10-18-40(2,3)30-34-16-22-44-58-34)36(14-20-42(6,7)32-39-48-52-53-49-39)62(56)28-12-26-61(55)25-11-19-41(4,5)31-38-46-50-51-47-38/h16-17,22-23,33,36-37H,10-15,18-21,24-32H2,1-9H3,(H,46,47,50,51)(H,48,49,52,53). The molecule has 0 aliphatic rings. The molecule has 7 unspecified atom stereocenters. The zero-order chi connectivity index (χ0) is 46.1. The van der Waals surface area contributed by atoms with Gasteiger partial charge in [-0.2, -0.15) is 10.4 Å². The van der Waals surface area contributed by atoms with Crippen molar-refractivity contribution in [1.29, 1.82) is 0 Å². The maximum atomic E-state index is 14.7. The molecule has 4 heterocycles. The average Bonchev–Trinajstić information content (AvgIpc) is 4.06. The number of rotatable bonds is 33. The third-order valence-corrected chi connectivity index (χ3v) is 19.4. The van der Waals surface area contributed by atoms with E-state index in [9.17, 15) is 16.8 Å². The van der Waals surface area contributed by atoms with E-state index in [4.69, 9.17) is 9.05 Å². The Balaban J connectivity index is 1.43. The van der Waals surface area contributed by atoms with Crippen LogP contribution in [0.2, 0.25) is 0 Å². The molecule has 0 amide bonds. The number of tetrazole rings is 2. The van der Waals surface area contributed by atoms with Gasteiger partial charge >= 0.3 is 0 Å². The molecule has 4 aromatic heterocycles. The van der Waals surface area contributed by atoms with E-state index in [2.05, 4.69) is 114 Å². The van der Waals surface area contributed by atoms with Crippen molar-refractivity contribution >= 4 is 43.2 Å². The normalized spacial score (nSPS) is 16.4. The van der Waals surface area contributed by atoms with Crippen molar-refractivity contribution in [3.05, 3.63) is 47.7 Å². The summed E-state index contributed by atoms with van der Waals surface area (Å²) in [6.07, 6.45) is 12.5. The Morgan fingerprint density at radius 3 is 1.49 bits per heavy atom. The van der Waals surface area contributed by atoms with Crippen molar-refractivity contribution in [1.82, 2.24) is 51.6 Å². The highest BCUT2D eigenvalue weighted by Gasteiger charge is 2.37. The summed E-state index contributed by atoms with van der Waals surface area (Å²) in [4.78, 5) is 0. The van der Waals surface area contributed by atoms with E-state index in [1.54, 1.807) is 12.4 Å². The second-order valence-corrected chi connectivity index (χ2v) is 27.2. The molecule has 0 saturated heterocycles. The first-order chi connectivity index (χ1) is 29.7. The Morgan fingerprint density at radius 2 is 1.03 bits per heavy atom. The summed E-state index contributed by atoms with van der Waals surface area (Å²) >= 11 is 0. The highest BCUT2D eigenvalue weighted by molar-refractivity contribution is 7.90. The van der Waals surface area contributed by atoms with Crippen LogP contribution in [0.25, 0.3) is 0 Å². The Labute approximate surface area is 384 Å². The number of H-pyrrole nitrogens is 2. The lowest BCUT2D eigenvalue weighted by Crippen LogP contribution is -2.39. The zero-order valence-corrected chi connectivity index (χ0v) is 42.4. The lowest BCUT2D eigenvalue weighted by molar-refractivity contribution is 0.224. The number of hydrogen-bond donors (Lipinski definition) is 2. The van der Waals surface area contributed by atoms with Crippen LogP contribution in [0.3, 0.4) is 0 Å². The predicted molar refractivity (Wildman–Crippen MR) is 252 cm³/mol. The van der Waals surface area contributed by atoms with Crippen LogP contribution in [-0.2, 0) is 62.5 Å². The maximum Gasteiger partial charge on any atom is 0.175 e. The smallest absolute Gasteiger partial charge is 0.175 e. The van der Waals surface area contributed by atoms with Crippen molar-refractivity contribution in [2.75, 3.05) is 34.5 Å². The van der Waals surface area contributed by atoms with E-state index in [0.717, 1.165) is 50.0 Å². The van der Waals surface area contributed by atoms with Gasteiger partial charge in [0.15, 0.2) is 11.6 Å². The Morgan fingerprint density at radius 1 is 0.571 bits per heavy atom. The molecule has 0 saturated carbocycles. The SMILES string of the molecule is CC(c1ccno1)C(C)(C)CCC(C(CCC(C)(C)Cc1nn[nH]n1)S(=O)CCCS(=O)CCCC(C)(C)Cc1nn[nH]n1)S(=O)CCCS(=O)CCCC(C)(C)Cc1ccno1. The lowest BCUT2D eigenvalue weighted by atomic mass is 9.74. The second kappa shape index (κ2) is 25.2. The number of aromatic nitrogens is 10. The van der Waals surface area contributed by atoms with Crippen LogP contribution >= 0.6 is 0 Å². The van der Waals surface area contributed by atoms with Crippen molar-refractivity contribution in [2.45, 2.75) is 162 Å². The molecule has 0 aliphatic carbocycles. The predicted octanol–water partition coefficient (Wildman–Crippen LogP) is 7.26. The number of hydrogen-bond acceptors (Lipinski definition) is 14. The highest BCUT2D eigenvalue weighted by Crippen LogP contribution is 2.41. The first-order valence-electron chi connectivity index (χ1n) is 22.4. The highest BCUT2D eigenvalue weighted by atomic mass is 32.2. The van der Waals surface area contributed by atoms with Crippen LogP contribution in [0.5, 0.6) is 0 Å². The first kappa shape index (κ1) is 52.8. The van der Waals surface area contributed by atoms with Gasteiger partial charge in [-0.3, -0.25) is 16.8 Å². The van der Waals surface area contributed by atoms with Crippen LogP contribution in [0.4, 0.5) is 0 Å². The minimum Gasteiger partial charge on any atom is -0.361 e. The van der Waals surface area contributed by atoms with Crippen LogP contribution in [0.1, 0.15) is 156 Å². The van der Waals surface area contributed by atoms with E-state index >= 15 is 0 Å². The summed E-state index contributed by atoms with van der Waals surface area (Å²) in [6.45, 7) is 19.5. The minimum atomic E-state index is -1.34. The van der Waals surface area contributed by atoms with Gasteiger partial charge in [0.2, 0.25) is 0 Å². The molecule has 20 heteroatoms. The van der Waals surface area contributed by atoms with E-state index < -0.39 is 43.2 Å². The number of nitrogens with one attached hydrogen (secondary N) is 2. The van der Waals surface area contributed by atoms with Crippen molar-refractivity contribution in [3.8, 4) is 0 Å². The van der Waals surface area contributed by atoms with Crippen LogP contribution in [0, 0.1) is 21.7 Å². The van der Waals surface area contributed by atoms with Gasteiger partial charge in [0.05, 0.1) is 12.4 Å². The molecule has 4 rings (SSSR count). The molecule has 2 N–H and O–H groups in total. The Hall–Kier alpha value is -2.84. The Kier molecular flexibility index (Phi) is 21.1. The summed E-state index contributed by atoms with van der Waals surface area (Å²) in [7, 11) is -4.78. The molecule has 0 spiro atoms. The molecular weight excluding hydrogens is 881 g/mol. The monoisotopic (exact) mass is 954 g/mol. The molecule has 16 nitrogen and oxygen atoms in total. The van der Waals surface area contributed by atoms with Gasteiger partial charge in [-0.05, 0) is 85.9 Å². The van der Waals surface area contributed by atoms with Gasteiger partial charge in [-0.15, -0.1) is 20.4 Å². The van der Waals surface area contributed by atoms with Crippen molar-refractivity contribution in [2.24, 2.45) is 21.7 Å². The zero-order valence-electron chi connectivity index (χ0n) is 39.1. The fourth-order valence-corrected chi connectivity index (χ4v) is 14.7. The third-order valence-electron chi connectivity index (χ3n) is 12.4. The Bertz CT molecular complexity index is 1960. The molecular formula is C43H74N10O6S4. The molecule has 0 aliphatic heterocycles. The van der Waals surface area contributed by atoms with Gasteiger partial charge in [-0.25, -0.2) is 0 Å². The lowest BCUT2D eigenvalue weighted by Gasteiger charge is -2.34. The molecule has 0 radical (unpaired) electrons. The van der Waals surface area contributed by atoms with Gasteiger partial charge in [0.1, 0.15) is 11.5 Å². The van der Waals surface area contributed by atoms with Gasteiger partial charge < -0.3 is 9.05 Å². The third kappa shape index (κ3) is 19.3. The van der Waals surface area contributed by atoms with Crippen LogP contribution < -0.4 is 0 Å². The van der Waals surface area contributed by atoms with Crippen molar-refractivity contribution in [3.63, 3.8) is 0 Å². The van der Waals surface area contributed by atoms with E-state index in [0.29, 0.717) is 91.1 Å². The fourth-order valence-electron chi connectivity index (χ4n) is 8.17. The topological polar surface area (TPSA) is 229 Å². The molecule has 356 valence electrons. The summed E-state index contributed by atoms with van der Waals surface area (Å²) in [5, 5.41) is 36.0. The van der Waals surface area contributed by atoms with E-state index in [1.807, 2.05) is 12.1 Å². The summed E-state index contributed by atoms with van der Waals surface area (Å²) in [6, 6.07) is 3.78. The van der Waals surface area contributed by atoms with E-state index in [-0.39, 0.29) is 38.1 Å². The van der Waals surface area contributed by atoms with Crippen molar-refractivity contribution < 1.29 is 25.9 Å². The largest absolute Gasteiger partial charge is 0.361 e. The van der Waals surface area contributed by atoms with Crippen LogP contribution in [-0.4, -0.2) is 113 Å². The van der Waals surface area contributed by atoms with Gasteiger partial charge in [-0.1, -0.05) is 83.1 Å². The van der Waals surface area contributed by atoms with Gasteiger partial charge in [0, 0.05) is 126 Å². The summed E-state index contributed by atoms with van der Waals surface area (Å²) in [5.41, 5.74) is -0.535. The van der Waals surface area contributed by atoms with E-state index in [1.165, 1.54) is 0 Å². The maximum absolute atomic E-state index is 14.7. The number of aromatic amines is 2. The fraction of sp³-hybridized carbons (Fsp3) is 0.814. The quantitative estimate of drug-likeness (QED) is 0.0479. The molecule has 0 bridgehead atoms.